The van der Waals surface area contributed by atoms with Crippen molar-refractivity contribution in [3.63, 3.8) is 0 Å². The topological polar surface area (TPSA) is 25.8 Å². The van der Waals surface area contributed by atoms with E-state index in [-0.39, 0.29) is 0 Å². The van der Waals surface area contributed by atoms with E-state index >= 15 is 0 Å². The van der Waals surface area contributed by atoms with Gasteiger partial charge in [0.05, 0.1) is 0 Å². The SMILES string of the molecule is c1cs[c]([Co][c]2nccs2)n1. The number of nitrogens with zero attached hydrogens (tertiary/aromatic N) is 2. The number of hydrogen-bond donors (Lipinski definition) is 0. The second-order valence-electron chi connectivity index (χ2n) is 1.62. The minimum atomic E-state index is 1.11. The Morgan fingerprint density at radius 3 is 1.91 bits per heavy atom. The summed E-state index contributed by atoms with van der Waals surface area (Å²) in [6, 6.07) is 0. The Balaban J connectivity index is 2.14. The Kier molecular flexibility index (Phi) is 2.32. The molecular weight excluding hydrogens is 223 g/mol. The molecule has 0 aliphatic carbocycles. The first-order chi connectivity index (χ1) is 5.45. The molecule has 0 aromatic carbocycles. The van der Waals surface area contributed by atoms with Crippen molar-refractivity contribution in [1.29, 1.82) is 0 Å². The fraction of sp³-hybridized carbons (Fsp3) is 0. The van der Waals surface area contributed by atoms with E-state index < -0.39 is 0 Å². The molecule has 0 unspecified atom stereocenters. The van der Waals surface area contributed by atoms with Gasteiger partial charge in [-0.15, -0.1) is 0 Å². The first-order valence-electron chi connectivity index (χ1n) is 2.84. The average Bonchev–Trinajstić information content (AvgIpc) is 2.60. The number of hydrogen-bond acceptors (Lipinski definition) is 4. The van der Waals surface area contributed by atoms with Crippen molar-refractivity contribution in [1.82, 2.24) is 9.97 Å². The van der Waals surface area contributed by atoms with Gasteiger partial charge in [0.1, 0.15) is 0 Å². The summed E-state index contributed by atoms with van der Waals surface area (Å²) in [7, 11) is 0. The van der Waals surface area contributed by atoms with Crippen LogP contribution in [0, 0.1) is 0 Å². The average molecular weight is 227 g/mol. The molecule has 2 heterocycles. The second-order valence-corrected chi connectivity index (χ2v) is 5.27. The van der Waals surface area contributed by atoms with Crippen molar-refractivity contribution in [3.8, 4) is 0 Å². The number of thiazole rings is 2. The fourth-order valence-electron chi connectivity index (χ4n) is 0.543. The van der Waals surface area contributed by atoms with Gasteiger partial charge < -0.3 is 0 Å². The molecule has 59 valence electrons. The zero-order valence-electron chi connectivity index (χ0n) is 5.35. The number of aromatic nitrogens is 2. The first-order valence-corrected chi connectivity index (χ1v) is 5.64. The Hall–Kier alpha value is -0.234. The van der Waals surface area contributed by atoms with Crippen LogP contribution in [-0.4, -0.2) is 9.97 Å². The monoisotopic (exact) mass is 227 g/mol. The summed E-state index contributed by atoms with van der Waals surface area (Å²) in [4.78, 5) is 8.32. The summed E-state index contributed by atoms with van der Waals surface area (Å²) in [5.41, 5.74) is 0. The maximum absolute atomic E-state index is 4.16. The van der Waals surface area contributed by atoms with E-state index in [1.807, 2.05) is 23.2 Å². The van der Waals surface area contributed by atoms with E-state index in [0.29, 0.717) is 0 Å². The third-order valence-corrected chi connectivity index (χ3v) is 4.03. The summed E-state index contributed by atoms with van der Waals surface area (Å²) >= 11 is 4.48. The molecule has 0 N–H and O–H groups in total. The van der Waals surface area contributed by atoms with E-state index in [2.05, 4.69) is 9.97 Å². The van der Waals surface area contributed by atoms with Crippen LogP contribution >= 0.6 is 22.7 Å². The van der Waals surface area contributed by atoms with Crippen molar-refractivity contribution in [2.45, 2.75) is 0 Å². The fourth-order valence-corrected chi connectivity index (χ4v) is 3.30. The minimum absolute atomic E-state index is 1.11. The van der Waals surface area contributed by atoms with E-state index in [1.54, 1.807) is 22.7 Å². The molecule has 0 aliphatic heterocycles. The Bertz CT molecular complexity index is 271. The molecule has 0 bridgehead atoms. The molecular formula is C6H4CoN2S2. The van der Waals surface area contributed by atoms with Crippen LogP contribution in [0.15, 0.2) is 23.2 Å². The molecule has 0 saturated carbocycles. The van der Waals surface area contributed by atoms with Crippen LogP contribution in [0.25, 0.3) is 0 Å². The summed E-state index contributed by atoms with van der Waals surface area (Å²) < 4.78 is 2.22. The molecule has 0 atom stereocenters. The van der Waals surface area contributed by atoms with Gasteiger partial charge in [0, 0.05) is 0 Å². The van der Waals surface area contributed by atoms with Crippen molar-refractivity contribution < 1.29 is 14.7 Å². The summed E-state index contributed by atoms with van der Waals surface area (Å²) in [6.45, 7) is 0. The molecule has 0 spiro atoms. The predicted molar refractivity (Wildman–Crippen MR) is 43.5 cm³/mol. The zero-order chi connectivity index (χ0) is 7.52. The Morgan fingerprint density at radius 2 is 1.55 bits per heavy atom. The van der Waals surface area contributed by atoms with Crippen LogP contribution in [0.4, 0.5) is 0 Å². The van der Waals surface area contributed by atoms with Crippen molar-refractivity contribution in [3.05, 3.63) is 23.2 Å². The third-order valence-electron chi connectivity index (χ3n) is 0.925. The Morgan fingerprint density at radius 1 is 1.00 bits per heavy atom. The normalized spacial score (nSPS) is 10.5. The van der Waals surface area contributed by atoms with E-state index in [4.69, 9.17) is 0 Å². The molecule has 2 nitrogen and oxygen atoms in total. The van der Waals surface area contributed by atoms with E-state index in [9.17, 15) is 0 Å². The molecule has 0 fully saturated rings. The van der Waals surface area contributed by atoms with Crippen molar-refractivity contribution >= 4 is 30.6 Å². The summed E-state index contributed by atoms with van der Waals surface area (Å²) in [5, 5.41) is 3.96. The number of rotatable bonds is 2. The third kappa shape index (κ3) is 1.87. The van der Waals surface area contributed by atoms with Crippen LogP contribution < -0.4 is 7.88 Å². The van der Waals surface area contributed by atoms with E-state index in [1.165, 1.54) is 0 Å². The molecule has 2 rings (SSSR count). The van der Waals surface area contributed by atoms with Gasteiger partial charge in [-0.3, -0.25) is 0 Å². The molecule has 0 saturated heterocycles. The quantitative estimate of drug-likeness (QED) is 0.752. The van der Waals surface area contributed by atoms with Gasteiger partial charge in [-0.1, -0.05) is 0 Å². The zero-order valence-corrected chi connectivity index (χ0v) is 8.03. The van der Waals surface area contributed by atoms with Crippen LogP contribution in [0.5, 0.6) is 0 Å². The van der Waals surface area contributed by atoms with Gasteiger partial charge in [-0.05, 0) is 0 Å². The van der Waals surface area contributed by atoms with Crippen LogP contribution in [0.1, 0.15) is 0 Å². The van der Waals surface area contributed by atoms with Crippen LogP contribution in [0.2, 0.25) is 0 Å². The van der Waals surface area contributed by atoms with Gasteiger partial charge >= 0.3 is 78.4 Å². The molecule has 5 heteroatoms. The molecule has 11 heavy (non-hydrogen) atoms. The van der Waals surface area contributed by atoms with Gasteiger partial charge in [-0.2, -0.15) is 0 Å². The first kappa shape index (κ1) is 7.42. The second kappa shape index (κ2) is 3.44. The summed E-state index contributed by atoms with van der Waals surface area (Å²) in [6.07, 6.45) is 3.64. The molecule has 0 aliphatic rings. The summed E-state index contributed by atoms with van der Waals surface area (Å²) in [5.74, 6) is 0. The standard InChI is InChI=1S/2C3H2NS.Co/c2*1-2-5-3-4-1;/h2*1-2H;. The molecule has 2 aromatic rings. The van der Waals surface area contributed by atoms with Gasteiger partial charge in [0.25, 0.3) is 0 Å². The van der Waals surface area contributed by atoms with Crippen LogP contribution in [-0.2, 0) is 14.7 Å². The van der Waals surface area contributed by atoms with Crippen molar-refractivity contribution in [2.75, 3.05) is 0 Å². The van der Waals surface area contributed by atoms with Crippen molar-refractivity contribution in [2.24, 2.45) is 0 Å². The molecule has 0 amide bonds. The van der Waals surface area contributed by atoms with Gasteiger partial charge in [0.15, 0.2) is 0 Å². The van der Waals surface area contributed by atoms with Crippen LogP contribution in [0.3, 0.4) is 0 Å². The predicted octanol–water partition coefficient (Wildman–Crippen LogP) is 0.633. The molecule has 0 radical (unpaired) electrons. The Labute approximate surface area is 78.3 Å². The van der Waals surface area contributed by atoms with E-state index in [0.717, 1.165) is 22.6 Å². The maximum atomic E-state index is 4.16. The van der Waals surface area contributed by atoms with Gasteiger partial charge in [0.2, 0.25) is 0 Å². The van der Waals surface area contributed by atoms with Gasteiger partial charge in [-0.25, -0.2) is 0 Å². The molecule has 2 aromatic heterocycles.